The van der Waals surface area contributed by atoms with Crippen molar-refractivity contribution >= 4 is 12.0 Å². The van der Waals surface area contributed by atoms with Gasteiger partial charge in [-0.25, -0.2) is 9.59 Å². The lowest BCUT2D eigenvalue weighted by atomic mass is 10.2. The molecule has 1 aliphatic heterocycles. The number of aliphatic hydroxyl groups excluding tert-OH is 1. The molecule has 1 heterocycles. The van der Waals surface area contributed by atoms with Gasteiger partial charge in [-0.05, 0) is 26.7 Å². The molecule has 3 unspecified atom stereocenters. The number of rotatable bonds is 3. The highest BCUT2D eigenvalue weighted by atomic mass is 16.4. The number of aliphatic carboxylic acids is 1. The molecule has 3 atom stereocenters. The molecule has 3 N–H and O–H groups in total. The van der Waals surface area contributed by atoms with Crippen LogP contribution in [0.5, 0.6) is 0 Å². The minimum atomic E-state index is -1.25. The Labute approximate surface area is 94.2 Å². The SMILES string of the molecule is CC(O)C(NC(=O)N1CCCC1C)C(=O)O. The second-order valence-electron chi connectivity index (χ2n) is 4.19. The highest BCUT2D eigenvalue weighted by molar-refractivity contribution is 5.83. The molecule has 0 aromatic heterocycles. The number of likely N-dealkylation sites (tertiary alicyclic amines) is 1. The topological polar surface area (TPSA) is 89.9 Å². The molecule has 0 radical (unpaired) electrons. The fraction of sp³-hybridized carbons (Fsp3) is 0.800. The minimum absolute atomic E-state index is 0.128. The van der Waals surface area contributed by atoms with Gasteiger partial charge in [0.25, 0.3) is 0 Å². The Balaban J connectivity index is 2.58. The Morgan fingerprint density at radius 3 is 2.50 bits per heavy atom. The van der Waals surface area contributed by atoms with Crippen molar-refractivity contribution in [3.63, 3.8) is 0 Å². The van der Waals surface area contributed by atoms with Crippen molar-refractivity contribution in [1.29, 1.82) is 0 Å². The van der Waals surface area contributed by atoms with E-state index in [0.717, 1.165) is 12.8 Å². The van der Waals surface area contributed by atoms with Crippen molar-refractivity contribution in [3.05, 3.63) is 0 Å². The van der Waals surface area contributed by atoms with Crippen LogP contribution in [0.3, 0.4) is 0 Å². The lowest BCUT2D eigenvalue weighted by molar-refractivity contribution is -0.141. The predicted molar refractivity (Wildman–Crippen MR) is 57.0 cm³/mol. The van der Waals surface area contributed by atoms with E-state index >= 15 is 0 Å². The number of urea groups is 1. The van der Waals surface area contributed by atoms with Crippen molar-refractivity contribution in [2.45, 2.75) is 44.9 Å². The standard InChI is InChI=1S/C10H18N2O4/c1-6-4-3-5-12(6)10(16)11-8(7(2)13)9(14)15/h6-8,13H,3-5H2,1-2H3,(H,11,16)(H,14,15). The van der Waals surface area contributed by atoms with E-state index < -0.39 is 24.1 Å². The molecular formula is C10H18N2O4. The number of nitrogens with zero attached hydrogens (tertiary/aromatic N) is 1. The fourth-order valence-corrected chi connectivity index (χ4v) is 1.84. The summed E-state index contributed by atoms with van der Waals surface area (Å²) in [6, 6.07) is -1.54. The van der Waals surface area contributed by atoms with Crippen LogP contribution in [0.4, 0.5) is 4.79 Å². The Hall–Kier alpha value is -1.30. The van der Waals surface area contributed by atoms with Gasteiger partial charge in [-0.3, -0.25) is 0 Å². The lowest BCUT2D eigenvalue weighted by Gasteiger charge is -2.25. The predicted octanol–water partition coefficient (Wildman–Crippen LogP) is 0.0143. The maximum atomic E-state index is 11.7. The van der Waals surface area contributed by atoms with E-state index in [9.17, 15) is 14.7 Å². The third-order valence-corrected chi connectivity index (χ3v) is 2.84. The summed E-state index contributed by atoms with van der Waals surface area (Å²) < 4.78 is 0. The number of carbonyl (C=O) groups excluding carboxylic acids is 1. The monoisotopic (exact) mass is 230 g/mol. The summed E-state index contributed by atoms with van der Waals surface area (Å²) in [5, 5.41) is 20.4. The first-order valence-electron chi connectivity index (χ1n) is 5.41. The summed E-state index contributed by atoms with van der Waals surface area (Å²) in [7, 11) is 0. The summed E-state index contributed by atoms with van der Waals surface area (Å²) in [6.07, 6.45) is 0.750. The molecular weight excluding hydrogens is 212 g/mol. The van der Waals surface area contributed by atoms with Crippen LogP contribution in [0, 0.1) is 0 Å². The molecule has 1 saturated heterocycles. The zero-order valence-corrected chi connectivity index (χ0v) is 9.51. The summed E-state index contributed by atoms with van der Waals surface area (Å²) >= 11 is 0. The molecule has 0 bridgehead atoms. The van der Waals surface area contributed by atoms with Crippen molar-refractivity contribution in [1.82, 2.24) is 10.2 Å². The molecule has 0 saturated carbocycles. The van der Waals surface area contributed by atoms with Crippen LogP contribution in [-0.2, 0) is 4.79 Å². The van der Waals surface area contributed by atoms with E-state index in [-0.39, 0.29) is 6.04 Å². The molecule has 0 aromatic rings. The third-order valence-electron chi connectivity index (χ3n) is 2.84. The highest BCUT2D eigenvalue weighted by Crippen LogP contribution is 2.16. The number of hydrogen-bond acceptors (Lipinski definition) is 3. The van der Waals surface area contributed by atoms with Crippen LogP contribution in [0.15, 0.2) is 0 Å². The average molecular weight is 230 g/mol. The summed E-state index contributed by atoms with van der Waals surface area (Å²) in [6.45, 7) is 3.90. The minimum Gasteiger partial charge on any atom is -0.480 e. The number of hydrogen-bond donors (Lipinski definition) is 3. The van der Waals surface area contributed by atoms with Gasteiger partial charge in [0, 0.05) is 12.6 Å². The number of amides is 2. The summed E-state index contributed by atoms with van der Waals surface area (Å²) in [5.41, 5.74) is 0. The normalized spacial score (nSPS) is 23.9. The molecule has 6 nitrogen and oxygen atoms in total. The number of nitrogens with one attached hydrogen (secondary N) is 1. The molecule has 1 rings (SSSR count). The summed E-state index contributed by atoms with van der Waals surface area (Å²) in [5.74, 6) is -1.23. The Kier molecular flexibility index (Phi) is 4.12. The zero-order valence-electron chi connectivity index (χ0n) is 9.51. The first-order valence-corrected chi connectivity index (χ1v) is 5.41. The van der Waals surface area contributed by atoms with Gasteiger partial charge in [0.2, 0.25) is 0 Å². The quantitative estimate of drug-likeness (QED) is 0.637. The number of carboxylic acids is 1. The van der Waals surface area contributed by atoms with E-state index in [0.29, 0.717) is 6.54 Å². The fourth-order valence-electron chi connectivity index (χ4n) is 1.84. The molecule has 0 aliphatic carbocycles. The van der Waals surface area contributed by atoms with Gasteiger partial charge in [-0.15, -0.1) is 0 Å². The smallest absolute Gasteiger partial charge is 0.328 e. The van der Waals surface area contributed by atoms with Gasteiger partial charge in [0.1, 0.15) is 0 Å². The second kappa shape index (κ2) is 5.16. The largest absolute Gasteiger partial charge is 0.480 e. The van der Waals surface area contributed by atoms with Crippen molar-refractivity contribution in [3.8, 4) is 0 Å². The van der Waals surface area contributed by atoms with Crippen LogP contribution < -0.4 is 5.32 Å². The van der Waals surface area contributed by atoms with Gasteiger partial charge < -0.3 is 20.4 Å². The highest BCUT2D eigenvalue weighted by Gasteiger charge is 2.30. The molecule has 6 heteroatoms. The Morgan fingerprint density at radius 1 is 1.50 bits per heavy atom. The maximum absolute atomic E-state index is 11.7. The van der Waals surface area contributed by atoms with Crippen LogP contribution in [0.1, 0.15) is 26.7 Å². The van der Waals surface area contributed by atoms with Crippen LogP contribution in [0.2, 0.25) is 0 Å². The summed E-state index contributed by atoms with van der Waals surface area (Å²) in [4.78, 5) is 24.1. The van der Waals surface area contributed by atoms with E-state index in [1.54, 1.807) is 4.90 Å². The molecule has 1 aliphatic rings. The zero-order chi connectivity index (χ0) is 12.3. The van der Waals surface area contributed by atoms with Gasteiger partial charge in [0.15, 0.2) is 6.04 Å². The van der Waals surface area contributed by atoms with Crippen molar-refractivity contribution in [2.75, 3.05) is 6.54 Å². The molecule has 0 aromatic carbocycles. The first-order chi connectivity index (χ1) is 7.43. The van der Waals surface area contributed by atoms with Crippen molar-refractivity contribution < 1.29 is 19.8 Å². The Morgan fingerprint density at radius 2 is 2.12 bits per heavy atom. The molecule has 92 valence electrons. The average Bonchev–Trinajstić information content (AvgIpc) is 2.59. The molecule has 0 spiro atoms. The third kappa shape index (κ3) is 2.85. The van der Waals surface area contributed by atoms with E-state index in [2.05, 4.69) is 5.32 Å². The van der Waals surface area contributed by atoms with E-state index in [1.807, 2.05) is 6.92 Å². The number of carboxylic acid groups (broad SMARTS) is 1. The number of carbonyl (C=O) groups is 2. The van der Waals surface area contributed by atoms with Crippen LogP contribution in [-0.4, -0.2) is 51.8 Å². The van der Waals surface area contributed by atoms with E-state index in [4.69, 9.17) is 5.11 Å². The van der Waals surface area contributed by atoms with Gasteiger partial charge in [0.05, 0.1) is 6.10 Å². The lowest BCUT2D eigenvalue weighted by Crippen LogP contribution is -2.52. The van der Waals surface area contributed by atoms with Gasteiger partial charge in [-0.2, -0.15) is 0 Å². The number of aliphatic hydroxyl groups is 1. The Bertz CT molecular complexity index is 280. The van der Waals surface area contributed by atoms with Crippen LogP contribution >= 0.6 is 0 Å². The molecule has 1 fully saturated rings. The van der Waals surface area contributed by atoms with E-state index in [1.165, 1.54) is 6.92 Å². The molecule has 16 heavy (non-hydrogen) atoms. The molecule has 2 amide bonds. The van der Waals surface area contributed by atoms with Gasteiger partial charge >= 0.3 is 12.0 Å². The maximum Gasteiger partial charge on any atom is 0.328 e. The second-order valence-corrected chi connectivity index (χ2v) is 4.19. The van der Waals surface area contributed by atoms with Gasteiger partial charge in [-0.1, -0.05) is 0 Å². The first kappa shape index (κ1) is 12.8. The van der Waals surface area contributed by atoms with Crippen molar-refractivity contribution in [2.24, 2.45) is 0 Å². The van der Waals surface area contributed by atoms with Crippen LogP contribution in [0.25, 0.3) is 0 Å².